The Morgan fingerprint density at radius 3 is 1.21 bits per heavy atom. The zero-order valence-electron chi connectivity index (χ0n) is 11.2. The molecule has 0 saturated carbocycles. The molecule has 2 aromatic rings. The Labute approximate surface area is 149 Å². The fourth-order valence-electron chi connectivity index (χ4n) is 1.02. The molecule has 0 aliphatic rings. The van der Waals surface area contributed by atoms with Crippen LogP contribution < -0.4 is 9.47 Å². The minimum Gasteiger partial charge on any atom is 0 e. The molecule has 0 N–H and O–H groups in total. The summed E-state index contributed by atoms with van der Waals surface area (Å²) in [4.78, 5) is 0. The molecule has 0 aliphatic heterocycles. The van der Waals surface area contributed by atoms with Gasteiger partial charge in [-0.25, -0.2) is 0 Å². The predicted molar refractivity (Wildman–Crippen MR) is 70.8 cm³/mol. The van der Waals surface area contributed by atoms with Crippen LogP contribution in [-0.2, 0) is 49.7 Å². The van der Waals surface area contributed by atoms with E-state index in [0.717, 1.165) is 11.5 Å². The summed E-state index contributed by atoms with van der Waals surface area (Å²) in [5.74, 6) is 1.76. The largest absolute Gasteiger partial charge is 0 e. The van der Waals surface area contributed by atoms with E-state index in [9.17, 15) is 0 Å². The maximum absolute atomic E-state index is 4.89. The number of ether oxygens (including phenoxy) is 2. The van der Waals surface area contributed by atoms with Crippen molar-refractivity contribution >= 4 is 5.23 Å². The van der Waals surface area contributed by atoms with Crippen molar-refractivity contribution < 1.29 is 59.2 Å². The Hall–Kier alpha value is -0.402. The first-order valence-corrected chi connectivity index (χ1v) is 6.17. The molecular weight excluding hydrogens is 352 g/mol. The van der Waals surface area contributed by atoms with Gasteiger partial charge in [0.05, 0.1) is 14.2 Å². The Morgan fingerprint density at radius 1 is 0.789 bits per heavy atom. The normalized spacial score (nSPS) is 7.42. The Kier molecular flexibility index (Phi) is 17.2. The Balaban J connectivity index is 0. The zero-order chi connectivity index (χ0) is 13.6. The van der Waals surface area contributed by atoms with Gasteiger partial charge < -0.3 is 9.47 Å². The van der Waals surface area contributed by atoms with Crippen LogP contribution in [0.25, 0.3) is 0 Å². The van der Waals surface area contributed by atoms with Crippen LogP contribution in [0.2, 0.25) is 0 Å². The van der Waals surface area contributed by atoms with E-state index in [1.54, 1.807) is 14.2 Å². The minimum absolute atomic E-state index is 0. The summed E-state index contributed by atoms with van der Waals surface area (Å²) in [6, 6.07) is 20.5. The van der Waals surface area contributed by atoms with Gasteiger partial charge in [-0.1, -0.05) is 0 Å². The van der Waals surface area contributed by atoms with Crippen molar-refractivity contribution in [1.82, 2.24) is 0 Å². The quantitative estimate of drug-likeness (QED) is 0.759. The number of benzene rings is 2. The summed E-state index contributed by atoms with van der Waals surface area (Å²) in [6.07, 6.45) is 0. The molecule has 2 aromatic carbocycles. The third-order valence-corrected chi connectivity index (χ3v) is 1.85. The molecule has 2 rings (SSSR count). The summed E-state index contributed by atoms with van der Waals surface area (Å²) in [5, 5.41) is 3.19. The summed E-state index contributed by atoms with van der Waals surface area (Å²) in [5.41, 5.74) is 0. The van der Waals surface area contributed by atoms with Crippen molar-refractivity contribution in [3.8, 4) is 11.5 Å². The van der Waals surface area contributed by atoms with Gasteiger partial charge in [-0.05, 0) is 0 Å². The van der Waals surface area contributed by atoms with Crippen molar-refractivity contribution in [2.75, 3.05) is 14.2 Å². The van der Waals surface area contributed by atoms with E-state index in [2.05, 4.69) is 34.3 Å². The van der Waals surface area contributed by atoms with Gasteiger partial charge in [0.2, 0.25) is 0 Å². The van der Waals surface area contributed by atoms with E-state index < -0.39 is 0 Å². The molecule has 0 unspecified atom stereocenters. The van der Waals surface area contributed by atoms with E-state index in [1.165, 1.54) is 0 Å². The molecule has 4 heteroatoms. The minimum atomic E-state index is 0. The van der Waals surface area contributed by atoms with Crippen LogP contribution in [-0.4, -0.2) is 19.5 Å². The molecule has 0 atom stereocenters. The van der Waals surface area contributed by atoms with Crippen LogP contribution in [0.15, 0.2) is 48.5 Å². The topological polar surface area (TPSA) is 18.5 Å². The first-order valence-electron chi connectivity index (χ1n) is 5.18. The molecule has 0 saturated heterocycles. The van der Waals surface area contributed by atoms with E-state index in [1.807, 2.05) is 48.5 Å². The molecular formula is C15H16O2VY-2. The van der Waals surface area contributed by atoms with Crippen LogP contribution in [0.3, 0.4) is 0 Å². The Bertz CT molecular complexity index is 356. The number of methoxy groups -OCH3 is 2. The number of rotatable bonds is 2. The van der Waals surface area contributed by atoms with Crippen molar-refractivity contribution in [3.63, 3.8) is 0 Å². The predicted octanol–water partition coefficient (Wildman–Crippen LogP) is 2.95. The van der Waals surface area contributed by atoms with Gasteiger partial charge >= 0.3 is 22.2 Å². The molecule has 0 spiro atoms. The molecule has 0 aliphatic carbocycles. The monoisotopic (exact) mass is 368 g/mol. The van der Waals surface area contributed by atoms with E-state index in [-0.39, 0.29) is 32.7 Å². The summed E-state index contributed by atoms with van der Waals surface area (Å²) >= 11 is 2.06. The van der Waals surface area contributed by atoms with Crippen molar-refractivity contribution in [1.29, 1.82) is 0 Å². The molecule has 0 bridgehead atoms. The fraction of sp³-hybridized carbons (Fsp3) is 0.133. The zero-order valence-corrected chi connectivity index (χ0v) is 15.4. The summed E-state index contributed by atoms with van der Waals surface area (Å²) in [7, 11) is 3.30. The SMILES string of the molecule is COc1cc[c-]cc1.COc1cc[c-]cc1.[CH2]=[V].[Y]. The van der Waals surface area contributed by atoms with Crippen LogP contribution in [0, 0.1) is 12.1 Å². The Morgan fingerprint density at radius 2 is 1.05 bits per heavy atom. The van der Waals surface area contributed by atoms with E-state index in [4.69, 9.17) is 9.47 Å². The third-order valence-electron chi connectivity index (χ3n) is 1.85. The second kappa shape index (κ2) is 15.7. The van der Waals surface area contributed by atoms with E-state index in [0.29, 0.717) is 0 Å². The van der Waals surface area contributed by atoms with E-state index >= 15 is 0 Å². The van der Waals surface area contributed by atoms with Gasteiger partial charge in [0.25, 0.3) is 0 Å². The molecule has 0 heterocycles. The van der Waals surface area contributed by atoms with Gasteiger partial charge in [0, 0.05) is 44.2 Å². The molecule has 2 nitrogen and oxygen atoms in total. The van der Waals surface area contributed by atoms with Gasteiger partial charge in [-0.15, -0.1) is 24.3 Å². The van der Waals surface area contributed by atoms with Crippen LogP contribution in [0.5, 0.6) is 11.5 Å². The van der Waals surface area contributed by atoms with Gasteiger partial charge in [-0.2, -0.15) is 36.4 Å². The number of hydrogen-bond donors (Lipinski definition) is 0. The molecule has 0 fully saturated rings. The maximum atomic E-state index is 4.89. The summed E-state index contributed by atoms with van der Waals surface area (Å²) in [6.45, 7) is 0. The van der Waals surface area contributed by atoms with Crippen molar-refractivity contribution in [3.05, 3.63) is 60.7 Å². The smallest absolute Gasteiger partial charge is 0 e. The first-order chi connectivity index (χ1) is 8.86. The average molecular weight is 368 g/mol. The van der Waals surface area contributed by atoms with Crippen molar-refractivity contribution in [2.45, 2.75) is 0 Å². The molecule has 98 valence electrons. The standard InChI is InChI=1S/2C7H7O.CH2.V.Y/c2*1-8-7-5-3-2-4-6-7;;;/h2*3-6H,1H3;1H2;;/q2*-1;;;. The third kappa shape index (κ3) is 11.1. The van der Waals surface area contributed by atoms with Gasteiger partial charge in [0.1, 0.15) is 0 Å². The molecule has 0 aromatic heterocycles. The van der Waals surface area contributed by atoms with Gasteiger partial charge in [0.15, 0.2) is 0 Å². The first kappa shape index (κ1) is 20.9. The van der Waals surface area contributed by atoms with Crippen LogP contribution in [0.4, 0.5) is 0 Å². The maximum Gasteiger partial charge on any atom is 0 e. The molecule has 19 heavy (non-hydrogen) atoms. The fourth-order valence-corrected chi connectivity index (χ4v) is 1.02. The van der Waals surface area contributed by atoms with Crippen molar-refractivity contribution in [2.24, 2.45) is 0 Å². The van der Waals surface area contributed by atoms with Crippen LogP contribution in [0.1, 0.15) is 0 Å². The second-order valence-electron chi connectivity index (χ2n) is 2.88. The molecule has 1 radical (unpaired) electrons. The van der Waals surface area contributed by atoms with Gasteiger partial charge in [-0.3, -0.25) is 0 Å². The van der Waals surface area contributed by atoms with Crippen LogP contribution >= 0.6 is 0 Å². The second-order valence-corrected chi connectivity index (χ2v) is 2.88. The average Bonchev–Trinajstić information content (AvgIpc) is 2.51. The summed E-state index contributed by atoms with van der Waals surface area (Å²) < 4.78 is 9.79. The number of hydrogen-bond acceptors (Lipinski definition) is 2. The molecule has 0 amide bonds.